The normalized spacial score (nSPS) is 17.8. The second-order valence-electron chi connectivity index (χ2n) is 4.15. The van der Waals surface area contributed by atoms with Crippen molar-refractivity contribution in [2.24, 2.45) is 5.92 Å². The van der Waals surface area contributed by atoms with Crippen molar-refractivity contribution in [3.05, 3.63) is 34.6 Å². The van der Waals surface area contributed by atoms with E-state index in [0.29, 0.717) is 17.5 Å². The third kappa shape index (κ3) is 2.50. The minimum atomic E-state index is -0.264. The van der Waals surface area contributed by atoms with Crippen molar-refractivity contribution in [1.29, 1.82) is 0 Å². The first kappa shape index (κ1) is 10.9. The number of halogens is 2. The molecule has 1 N–H and O–H groups in total. The van der Waals surface area contributed by atoms with Gasteiger partial charge in [0.15, 0.2) is 0 Å². The van der Waals surface area contributed by atoms with Crippen LogP contribution in [0.5, 0.6) is 0 Å². The molecule has 1 atom stereocenters. The van der Waals surface area contributed by atoms with Crippen LogP contribution in [0.15, 0.2) is 18.2 Å². The minimum absolute atomic E-state index is 0.221. The van der Waals surface area contributed by atoms with E-state index in [1.807, 2.05) is 13.1 Å². The maximum atomic E-state index is 13.6. The Bertz CT molecular complexity index is 349. The maximum Gasteiger partial charge on any atom is 0.145 e. The van der Waals surface area contributed by atoms with Crippen LogP contribution in [0.25, 0.3) is 0 Å². The predicted octanol–water partition coefficient (Wildman–Crippen LogP) is 3.02. The summed E-state index contributed by atoms with van der Waals surface area (Å²) in [6.07, 6.45) is 3.24. The van der Waals surface area contributed by atoms with E-state index in [9.17, 15) is 4.39 Å². The second-order valence-corrected chi connectivity index (χ2v) is 4.56. The van der Waals surface area contributed by atoms with Crippen LogP contribution in [0.2, 0.25) is 5.02 Å². The number of likely N-dealkylation sites (N-methyl/N-ethyl adjacent to an activating group) is 1. The van der Waals surface area contributed by atoms with Crippen LogP contribution >= 0.6 is 11.6 Å². The highest BCUT2D eigenvalue weighted by Gasteiger charge is 2.30. The molecule has 1 aliphatic rings. The summed E-state index contributed by atoms with van der Waals surface area (Å²) in [5.41, 5.74) is 0.716. The van der Waals surface area contributed by atoms with Crippen LogP contribution in [-0.4, -0.2) is 13.1 Å². The van der Waals surface area contributed by atoms with E-state index in [4.69, 9.17) is 11.6 Å². The molecule has 1 aliphatic carbocycles. The highest BCUT2D eigenvalue weighted by Crippen LogP contribution is 2.34. The van der Waals surface area contributed by atoms with Crippen molar-refractivity contribution in [3.63, 3.8) is 0 Å². The third-order valence-electron chi connectivity index (χ3n) is 3.03. The van der Waals surface area contributed by atoms with E-state index < -0.39 is 0 Å². The monoisotopic (exact) mass is 227 g/mol. The molecule has 1 nitrogen and oxygen atoms in total. The maximum absolute atomic E-state index is 13.6. The van der Waals surface area contributed by atoms with Gasteiger partial charge in [-0.2, -0.15) is 0 Å². The highest BCUT2D eigenvalue weighted by molar-refractivity contribution is 6.30. The summed E-state index contributed by atoms with van der Waals surface area (Å²) in [7, 11) is 1.94. The first-order valence-electron chi connectivity index (χ1n) is 5.32. The van der Waals surface area contributed by atoms with Gasteiger partial charge in [0.25, 0.3) is 0 Å². The molecular formula is C12H15ClFN. The van der Waals surface area contributed by atoms with Gasteiger partial charge in [-0.05, 0) is 43.9 Å². The fourth-order valence-corrected chi connectivity index (χ4v) is 2.14. The second kappa shape index (κ2) is 4.50. The lowest BCUT2D eigenvalue weighted by molar-refractivity contribution is 0.487. The van der Waals surface area contributed by atoms with Crippen LogP contribution in [0.3, 0.4) is 0 Å². The Morgan fingerprint density at radius 2 is 2.27 bits per heavy atom. The van der Waals surface area contributed by atoms with Crippen LogP contribution in [0.1, 0.15) is 18.4 Å². The lowest BCUT2D eigenvalue weighted by Gasteiger charge is -2.15. The molecule has 15 heavy (non-hydrogen) atoms. The number of nitrogens with one attached hydrogen (secondary N) is 1. The highest BCUT2D eigenvalue weighted by atomic mass is 35.5. The standard InChI is InChI=1S/C12H15ClFN/c1-15-11(8-5-6-8)7-9-3-2-4-10(13)12(9)14/h2-4,8,11,15H,5-7H2,1H3. The van der Waals surface area contributed by atoms with Crippen LogP contribution in [0.4, 0.5) is 4.39 Å². The van der Waals surface area contributed by atoms with E-state index >= 15 is 0 Å². The van der Waals surface area contributed by atoms with Crippen molar-refractivity contribution >= 4 is 11.6 Å². The van der Waals surface area contributed by atoms with Gasteiger partial charge in [0.2, 0.25) is 0 Å². The Kier molecular flexibility index (Phi) is 3.27. The number of benzene rings is 1. The summed E-state index contributed by atoms with van der Waals surface area (Å²) in [5.74, 6) is 0.452. The molecule has 1 aromatic carbocycles. The van der Waals surface area contributed by atoms with Gasteiger partial charge in [0, 0.05) is 6.04 Å². The summed E-state index contributed by atoms with van der Waals surface area (Å²) in [5, 5.41) is 3.47. The van der Waals surface area contributed by atoms with Crippen LogP contribution in [-0.2, 0) is 6.42 Å². The van der Waals surface area contributed by atoms with Crippen molar-refractivity contribution in [2.75, 3.05) is 7.05 Å². The molecule has 1 saturated carbocycles. The Hall–Kier alpha value is -0.600. The largest absolute Gasteiger partial charge is 0.316 e. The van der Waals surface area contributed by atoms with Gasteiger partial charge in [-0.3, -0.25) is 0 Å². The molecule has 0 amide bonds. The summed E-state index contributed by atoms with van der Waals surface area (Å²) in [6.45, 7) is 0. The molecule has 0 radical (unpaired) electrons. The summed E-state index contributed by atoms with van der Waals surface area (Å²) in [6, 6.07) is 5.60. The van der Waals surface area contributed by atoms with Gasteiger partial charge in [-0.25, -0.2) is 4.39 Å². The molecule has 1 aromatic rings. The molecule has 0 aromatic heterocycles. The van der Waals surface area contributed by atoms with Crippen molar-refractivity contribution < 1.29 is 4.39 Å². The molecule has 0 spiro atoms. The Balaban J connectivity index is 2.11. The lowest BCUT2D eigenvalue weighted by atomic mass is 10.0. The number of hydrogen-bond donors (Lipinski definition) is 1. The zero-order chi connectivity index (χ0) is 10.8. The van der Waals surface area contributed by atoms with Gasteiger partial charge < -0.3 is 5.32 Å². The average Bonchev–Trinajstić information content (AvgIpc) is 3.04. The van der Waals surface area contributed by atoms with Crippen LogP contribution < -0.4 is 5.32 Å². The van der Waals surface area contributed by atoms with Gasteiger partial charge in [0.05, 0.1) is 5.02 Å². The molecule has 0 aliphatic heterocycles. The molecule has 2 rings (SSSR count). The molecule has 0 heterocycles. The molecule has 1 unspecified atom stereocenters. The SMILES string of the molecule is CNC(Cc1cccc(Cl)c1F)C1CC1. The molecule has 82 valence electrons. The van der Waals surface area contributed by atoms with Gasteiger partial charge in [-0.1, -0.05) is 23.7 Å². The minimum Gasteiger partial charge on any atom is -0.316 e. The van der Waals surface area contributed by atoms with Gasteiger partial charge in [0.1, 0.15) is 5.82 Å². The average molecular weight is 228 g/mol. The Morgan fingerprint density at radius 1 is 1.53 bits per heavy atom. The molecule has 0 bridgehead atoms. The molecule has 1 fully saturated rings. The van der Waals surface area contributed by atoms with Crippen LogP contribution in [0, 0.1) is 11.7 Å². The van der Waals surface area contributed by atoms with E-state index in [1.54, 1.807) is 12.1 Å². The van der Waals surface area contributed by atoms with Crippen molar-refractivity contribution in [2.45, 2.75) is 25.3 Å². The molecule has 3 heteroatoms. The Morgan fingerprint density at radius 3 is 2.87 bits per heavy atom. The first-order chi connectivity index (χ1) is 7.22. The fourth-order valence-electron chi connectivity index (χ4n) is 1.95. The van der Waals surface area contributed by atoms with E-state index in [1.165, 1.54) is 12.8 Å². The predicted molar refractivity (Wildman–Crippen MR) is 60.7 cm³/mol. The lowest BCUT2D eigenvalue weighted by Crippen LogP contribution is -2.30. The van der Waals surface area contributed by atoms with Gasteiger partial charge >= 0.3 is 0 Å². The summed E-state index contributed by atoms with van der Waals surface area (Å²) < 4.78 is 13.6. The van der Waals surface area contributed by atoms with Crippen molar-refractivity contribution in [3.8, 4) is 0 Å². The summed E-state index contributed by atoms with van der Waals surface area (Å²) >= 11 is 5.74. The fraction of sp³-hybridized carbons (Fsp3) is 0.500. The van der Waals surface area contributed by atoms with E-state index in [-0.39, 0.29) is 10.8 Å². The number of hydrogen-bond acceptors (Lipinski definition) is 1. The zero-order valence-electron chi connectivity index (χ0n) is 8.76. The molecular weight excluding hydrogens is 213 g/mol. The molecule has 0 saturated heterocycles. The third-order valence-corrected chi connectivity index (χ3v) is 3.33. The van der Waals surface area contributed by atoms with Crippen molar-refractivity contribution in [1.82, 2.24) is 5.32 Å². The summed E-state index contributed by atoms with van der Waals surface area (Å²) in [4.78, 5) is 0. The topological polar surface area (TPSA) is 12.0 Å². The zero-order valence-corrected chi connectivity index (χ0v) is 9.52. The van der Waals surface area contributed by atoms with E-state index in [2.05, 4.69) is 5.32 Å². The smallest absolute Gasteiger partial charge is 0.145 e. The Labute approximate surface area is 94.6 Å². The number of rotatable bonds is 4. The van der Waals surface area contributed by atoms with E-state index in [0.717, 1.165) is 6.42 Å². The quantitative estimate of drug-likeness (QED) is 0.834. The first-order valence-corrected chi connectivity index (χ1v) is 5.70. The van der Waals surface area contributed by atoms with Gasteiger partial charge in [-0.15, -0.1) is 0 Å².